The Hall–Kier alpha value is -0.170. The van der Waals surface area contributed by atoms with Gasteiger partial charge in [-0.1, -0.05) is 0 Å². The van der Waals surface area contributed by atoms with Gasteiger partial charge < -0.3 is 10.1 Å². The molecule has 1 unspecified atom stereocenters. The molecule has 1 aliphatic carbocycles. The summed E-state index contributed by atoms with van der Waals surface area (Å²) in [5.74, 6) is 0.577. The van der Waals surface area contributed by atoms with E-state index in [0.717, 1.165) is 6.54 Å². The topological polar surface area (TPSA) is 58.6 Å². The smallest absolute Gasteiger partial charge is 0.152 e. The van der Waals surface area contributed by atoms with Crippen molar-refractivity contribution in [2.24, 2.45) is 0 Å². The van der Waals surface area contributed by atoms with Gasteiger partial charge in [-0.05, 0) is 12.8 Å². The van der Waals surface area contributed by atoms with Crippen molar-refractivity contribution in [3.05, 3.63) is 0 Å². The minimum atomic E-state index is -2.79. The summed E-state index contributed by atoms with van der Waals surface area (Å²) in [6.45, 7) is 2.85. The highest BCUT2D eigenvalue weighted by molar-refractivity contribution is 7.91. The molecular weight excluding hydrogens is 240 g/mol. The maximum atomic E-state index is 11.4. The Balaban J connectivity index is 1.82. The summed E-state index contributed by atoms with van der Waals surface area (Å²) in [5.41, 5.74) is 0. The second-order valence-corrected chi connectivity index (χ2v) is 7.28. The van der Waals surface area contributed by atoms with Gasteiger partial charge in [0, 0.05) is 38.8 Å². The van der Waals surface area contributed by atoms with Crippen molar-refractivity contribution in [1.82, 2.24) is 10.2 Å². The SMILES string of the molecule is COCC(CNC1CC1)N1CCS(=O)(=O)CC1. The van der Waals surface area contributed by atoms with E-state index in [4.69, 9.17) is 4.74 Å². The molecule has 2 fully saturated rings. The molecule has 1 saturated heterocycles. The van der Waals surface area contributed by atoms with Crippen molar-refractivity contribution in [2.45, 2.75) is 24.9 Å². The Morgan fingerprint density at radius 2 is 2.00 bits per heavy atom. The fourth-order valence-corrected chi connectivity index (χ4v) is 3.40. The zero-order chi connectivity index (χ0) is 12.3. The van der Waals surface area contributed by atoms with E-state index in [1.807, 2.05) is 0 Å². The number of sulfone groups is 1. The van der Waals surface area contributed by atoms with Crippen LogP contribution in [0, 0.1) is 0 Å². The van der Waals surface area contributed by atoms with Crippen LogP contribution in [0.4, 0.5) is 0 Å². The molecule has 1 atom stereocenters. The number of hydrogen-bond acceptors (Lipinski definition) is 5. The molecule has 1 aliphatic heterocycles. The average molecular weight is 262 g/mol. The van der Waals surface area contributed by atoms with Crippen LogP contribution in [-0.2, 0) is 14.6 Å². The van der Waals surface area contributed by atoms with Gasteiger partial charge in [-0.15, -0.1) is 0 Å². The highest BCUT2D eigenvalue weighted by atomic mass is 32.2. The molecule has 2 rings (SSSR count). The highest BCUT2D eigenvalue weighted by Crippen LogP contribution is 2.19. The first kappa shape index (κ1) is 13.3. The Bertz CT molecular complexity index is 327. The van der Waals surface area contributed by atoms with Crippen LogP contribution >= 0.6 is 0 Å². The second kappa shape index (κ2) is 5.65. The van der Waals surface area contributed by atoms with E-state index >= 15 is 0 Å². The molecule has 2 aliphatic rings. The van der Waals surface area contributed by atoms with Crippen LogP contribution in [0.2, 0.25) is 0 Å². The molecule has 0 aromatic heterocycles. The van der Waals surface area contributed by atoms with E-state index in [1.54, 1.807) is 7.11 Å². The van der Waals surface area contributed by atoms with Gasteiger partial charge in [0.05, 0.1) is 18.1 Å². The predicted molar refractivity (Wildman–Crippen MR) is 66.9 cm³/mol. The lowest BCUT2D eigenvalue weighted by Gasteiger charge is -2.34. The van der Waals surface area contributed by atoms with Crippen LogP contribution in [0.1, 0.15) is 12.8 Å². The van der Waals surface area contributed by atoms with Crippen LogP contribution in [0.15, 0.2) is 0 Å². The van der Waals surface area contributed by atoms with Gasteiger partial charge in [-0.25, -0.2) is 8.42 Å². The molecule has 0 aromatic carbocycles. The highest BCUT2D eigenvalue weighted by Gasteiger charge is 2.28. The standard InChI is InChI=1S/C11H22N2O3S/c1-16-9-11(8-12-10-2-3-10)13-4-6-17(14,15)7-5-13/h10-12H,2-9H2,1H3. The van der Waals surface area contributed by atoms with Crippen molar-refractivity contribution in [2.75, 3.05) is 44.9 Å². The van der Waals surface area contributed by atoms with Crippen molar-refractivity contribution in [1.29, 1.82) is 0 Å². The van der Waals surface area contributed by atoms with Gasteiger partial charge in [-0.3, -0.25) is 4.90 Å². The lowest BCUT2D eigenvalue weighted by atomic mass is 10.2. The average Bonchev–Trinajstić information content (AvgIpc) is 3.08. The normalized spacial score (nSPS) is 26.9. The molecule has 0 radical (unpaired) electrons. The zero-order valence-electron chi connectivity index (χ0n) is 10.4. The number of methoxy groups -OCH3 is 1. The molecule has 0 bridgehead atoms. The summed E-state index contributed by atoms with van der Waals surface area (Å²) >= 11 is 0. The van der Waals surface area contributed by atoms with Crippen molar-refractivity contribution in [3.8, 4) is 0 Å². The Morgan fingerprint density at radius 3 is 2.53 bits per heavy atom. The van der Waals surface area contributed by atoms with Gasteiger partial charge in [0.2, 0.25) is 0 Å². The Kier molecular flexibility index (Phi) is 4.41. The largest absolute Gasteiger partial charge is 0.383 e. The van der Waals surface area contributed by atoms with Crippen LogP contribution in [0.25, 0.3) is 0 Å². The minimum Gasteiger partial charge on any atom is -0.383 e. The van der Waals surface area contributed by atoms with Crippen molar-refractivity contribution < 1.29 is 13.2 Å². The summed E-state index contributed by atoms with van der Waals surface area (Å²) in [4.78, 5) is 2.24. The fraction of sp³-hybridized carbons (Fsp3) is 1.00. The molecule has 1 saturated carbocycles. The zero-order valence-corrected chi connectivity index (χ0v) is 11.2. The third kappa shape index (κ3) is 4.21. The molecule has 1 heterocycles. The van der Waals surface area contributed by atoms with Crippen LogP contribution < -0.4 is 5.32 Å². The molecule has 100 valence electrons. The molecule has 1 N–H and O–H groups in total. The summed E-state index contributed by atoms with van der Waals surface area (Å²) < 4.78 is 28.0. The molecule has 6 heteroatoms. The summed E-state index contributed by atoms with van der Waals surface area (Å²) in [7, 11) is -1.09. The van der Waals surface area contributed by atoms with Crippen molar-refractivity contribution in [3.63, 3.8) is 0 Å². The van der Waals surface area contributed by atoms with Crippen LogP contribution in [0.5, 0.6) is 0 Å². The van der Waals surface area contributed by atoms with E-state index in [2.05, 4.69) is 10.2 Å². The fourth-order valence-electron chi connectivity index (χ4n) is 2.17. The van der Waals surface area contributed by atoms with Gasteiger partial charge in [-0.2, -0.15) is 0 Å². The minimum absolute atomic E-state index is 0.288. The van der Waals surface area contributed by atoms with E-state index in [0.29, 0.717) is 31.8 Å². The molecule has 0 spiro atoms. The monoisotopic (exact) mass is 262 g/mol. The Labute approximate surface area is 103 Å². The van der Waals surface area contributed by atoms with Crippen LogP contribution in [0.3, 0.4) is 0 Å². The predicted octanol–water partition coefficient (Wildman–Crippen LogP) is -0.516. The van der Waals surface area contributed by atoms with Crippen molar-refractivity contribution >= 4 is 9.84 Å². The van der Waals surface area contributed by atoms with E-state index in [-0.39, 0.29) is 11.5 Å². The van der Waals surface area contributed by atoms with Gasteiger partial charge in [0.25, 0.3) is 0 Å². The quantitative estimate of drug-likeness (QED) is 0.698. The molecule has 17 heavy (non-hydrogen) atoms. The molecular formula is C11H22N2O3S. The number of ether oxygens (including phenoxy) is 1. The number of rotatable bonds is 6. The third-order valence-corrected chi connectivity index (χ3v) is 5.08. The second-order valence-electron chi connectivity index (χ2n) is 4.98. The molecule has 0 aromatic rings. The van der Waals surface area contributed by atoms with E-state index in [9.17, 15) is 8.42 Å². The molecule has 0 amide bonds. The summed E-state index contributed by atoms with van der Waals surface area (Å²) in [5, 5.41) is 3.49. The number of hydrogen-bond donors (Lipinski definition) is 1. The van der Waals surface area contributed by atoms with Gasteiger partial charge in [0.15, 0.2) is 9.84 Å². The third-order valence-electron chi connectivity index (χ3n) is 3.47. The Morgan fingerprint density at radius 1 is 1.35 bits per heavy atom. The summed E-state index contributed by atoms with van der Waals surface area (Å²) in [6, 6.07) is 0.985. The summed E-state index contributed by atoms with van der Waals surface area (Å²) in [6.07, 6.45) is 2.54. The first-order valence-electron chi connectivity index (χ1n) is 6.27. The van der Waals surface area contributed by atoms with E-state index in [1.165, 1.54) is 12.8 Å². The van der Waals surface area contributed by atoms with Gasteiger partial charge >= 0.3 is 0 Å². The lowest BCUT2D eigenvalue weighted by Crippen LogP contribution is -2.51. The molecule has 5 nitrogen and oxygen atoms in total. The van der Waals surface area contributed by atoms with Crippen LogP contribution in [-0.4, -0.2) is 70.3 Å². The number of nitrogens with one attached hydrogen (secondary N) is 1. The maximum Gasteiger partial charge on any atom is 0.152 e. The van der Waals surface area contributed by atoms with E-state index < -0.39 is 9.84 Å². The lowest BCUT2D eigenvalue weighted by molar-refractivity contribution is 0.0943. The number of nitrogens with zero attached hydrogens (tertiary/aromatic N) is 1. The first-order chi connectivity index (χ1) is 8.11. The first-order valence-corrected chi connectivity index (χ1v) is 8.09. The maximum absolute atomic E-state index is 11.4. The van der Waals surface area contributed by atoms with Gasteiger partial charge in [0.1, 0.15) is 0 Å².